The third-order valence-corrected chi connectivity index (χ3v) is 6.87. The minimum atomic E-state index is -1.12. The first kappa shape index (κ1) is 30.4. The van der Waals surface area contributed by atoms with Crippen LogP contribution in [0.15, 0.2) is 83.9 Å². The molecule has 218 valence electrons. The predicted octanol–water partition coefficient (Wildman–Crippen LogP) is 2.60. The number of ether oxygens (including phenoxy) is 4. The van der Waals surface area contributed by atoms with Crippen LogP contribution in [0.3, 0.4) is 0 Å². The van der Waals surface area contributed by atoms with Gasteiger partial charge >= 0.3 is 0 Å². The smallest absolute Gasteiger partial charge is 0.242 e. The van der Waals surface area contributed by atoms with Crippen LogP contribution < -0.4 is 16.8 Å². The van der Waals surface area contributed by atoms with E-state index in [1.807, 2.05) is 66.7 Å². The summed E-state index contributed by atoms with van der Waals surface area (Å²) in [6.07, 6.45) is -3.74. The van der Waals surface area contributed by atoms with Gasteiger partial charge in [-0.2, -0.15) is 0 Å². The number of guanidine groups is 1. The number of hydrogen-bond acceptors (Lipinski definition) is 7. The highest BCUT2D eigenvalue weighted by molar-refractivity contribution is 6.30. The number of aliphatic hydroxyl groups is 1. The zero-order valence-electron chi connectivity index (χ0n) is 22.7. The second-order valence-corrected chi connectivity index (χ2v) is 10.0. The van der Waals surface area contributed by atoms with Crippen LogP contribution in [0.4, 0.5) is 0 Å². The fraction of sp³-hybridized carbons (Fsp3) is 0.333. The molecule has 0 aliphatic carbocycles. The Labute approximate surface area is 244 Å². The molecule has 0 bridgehead atoms. The molecule has 1 heterocycles. The van der Waals surface area contributed by atoms with Gasteiger partial charge in [0.25, 0.3) is 0 Å². The molecule has 11 heteroatoms. The van der Waals surface area contributed by atoms with Crippen molar-refractivity contribution in [2.24, 2.45) is 16.5 Å². The van der Waals surface area contributed by atoms with Gasteiger partial charge in [0.1, 0.15) is 30.9 Å². The molecule has 0 aromatic heterocycles. The van der Waals surface area contributed by atoms with Crippen molar-refractivity contribution in [3.8, 4) is 11.1 Å². The zero-order valence-corrected chi connectivity index (χ0v) is 23.4. The SMILES string of the molecule is CO[C@H]1[C@H](O)[C@@H](COCc2ccc(Cl)cc2)OC(OCc2ccc(-c3ccccc3)cc2)[C@@H]1NC(=O)CN=C(N)N. The molecule has 1 unspecified atom stereocenters. The van der Waals surface area contributed by atoms with E-state index in [0.29, 0.717) is 11.6 Å². The van der Waals surface area contributed by atoms with Crippen molar-refractivity contribution in [1.82, 2.24) is 5.32 Å². The number of hydrogen-bond donors (Lipinski definition) is 4. The summed E-state index contributed by atoms with van der Waals surface area (Å²) in [6, 6.07) is 24.4. The number of methoxy groups -OCH3 is 1. The molecule has 41 heavy (non-hydrogen) atoms. The maximum absolute atomic E-state index is 12.6. The topological polar surface area (TPSA) is 151 Å². The van der Waals surface area contributed by atoms with Gasteiger partial charge in [-0.3, -0.25) is 4.79 Å². The van der Waals surface area contributed by atoms with Gasteiger partial charge in [0.2, 0.25) is 5.91 Å². The number of aliphatic hydroxyl groups excluding tert-OH is 1. The summed E-state index contributed by atoms with van der Waals surface area (Å²) in [6.45, 7) is 0.237. The molecular formula is C30H35ClN4O6. The van der Waals surface area contributed by atoms with E-state index >= 15 is 0 Å². The van der Waals surface area contributed by atoms with Crippen LogP contribution in [0.25, 0.3) is 11.1 Å². The lowest BCUT2D eigenvalue weighted by atomic mass is 9.96. The van der Waals surface area contributed by atoms with Crippen LogP contribution in [0.5, 0.6) is 0 Å². The van der Waals surface area contributed by atoms with Gasteiger partial charge in [0, 0.05) is 12.1 Å². The number of halogens is 1. The summed E-state index contributed by atoms with van der Waals surface area (Å²) in [5, 5.41) is 14.5. The number of nitrogens with zero attached hydrogens (tertiary/aromatic N) is 1. The van der Waals surface area contributed by atoms with Crippen molar-refractivity contribution in [3.05, 3.63) is 95.0 Å². The van der Waals surface area contributed by atoms with Gasteiger partial charge in [-0.1, -0.05) is 78.3 Å². The lowest BCUT2D eigenvalue weighted by molar-refractivity contribution is -0.279. The summed E-state index contributed by atoms with van der Waals surface area (Å²) < 4.78 is 23.8. The second kappa shape index (κ2) is 14.9. The van der Waals surface area contributed by atoms with E-state index in [4.69, 9.17) is 42.0 Å². The van der Waals surface area contributed by atoms with Crippen molar-refractivity contribution in [2.45, 2.75) is 43.9 Å². The standard InChI is InChI=1S/C30H35ClN4O6/c1-38-28-26(35-25(36)15-34-30(32)33)29(40-17-20-7-11-22(12-8-20)21-5-3-2-4-6-21)41-24(27(28)37)18-39-16-19-9-13-23(31)14-10-19/h2-14,24,26-29,37H,15-18H2,1H3,(H,35,36)(H4,32,33,34)/t24-,26-,27-,28-,29?/m1/s1. The summed E-state index contributed by atoms with van der Waals surface area (Å²) in [7, 11) is 1.44. The molecule has 5 atom stereocenters. The van der Waals surface area contributed by atoms with Crippen LogP contribution in [0, 0.1) is 0 Å². The molecule has 1 aliphatic rings. The Morgan fingerprint density at radius 3 is 2.27 bits per heavy atom. The number of carbonyl (C=O) groups is 1. The Hall–Kier alpha value is -3.51. The lowest BCUT2D eigenvalue weighted by Crippen LogP contribution is -2.65. The number of rotatable bonds is 12. The molecule has 0 saturated carbocycles. The summed E-state index contributed by atoms with van der Waals surface area (Å²) in [5.74, 6) is -0.701. The van der Waals surface area contributed by atoms with Crippen molar-refractivity contribution in [3.63, 3.8) is 0 Å². The first-order valence-corrected chi connectivity index (χ1v) is 13.5. The van der Waals surface area contributed by atoms with Gasteiger partial charge in [0.15, 0.2) is 12.2 Å². The molecule has 1 fully saturated rings. The van der Waals surface area contributed by atoms with Gasteiger partial charge in [-0.25, -0.2) is 4.99 Å². The van der Waals surface area contributed by atoms with Crippen molar-refractivity contribution < 1.29 is 28.8 Å². The number of nitrogens with one attached hydrogen (secondary N) is 1. The summed E-state index contributed by atoms with van der Waals surface area (Å²) in [5.41, 5.74) is 14.7. The Morgan fingerprint density at radius 2 is 1.61 bits per heavy atom. The largest absolute Gasteiger partial charge is 0.388 e. The molecule has 3 aromatic carbocycles. The lowest BCUT2D eigenvalue weighted by Gasteiger charge is -2.44. The molecule has 10 nitrogen and oxygen atoms in total. The van der Waals surface area contributed by atoms with E-state index in [1.165, 1.54) is 7.11 Å². The number of aliphatic imine (C=N–C) groups is 1. The third kappa shape index (κ3) is 8.74. The third-order valence-electron chi connectivity index (χ3n) is 6.62. The first-order valence-electron chi connectivity index (χ1n) is 13.1. The van der Waals surface area contributed by atoms with Crippen molar-refractivity contribution >= 4 is 23.5 Å². The van der Waals surface area contributed by atoms with Gasteiger partial charge in [-0.05, 0) is 34.4 Å². The number of amides is 1. The molecule has 0 radical (unpaired) electrons. The molecule has 1 aliphatic heterocycles. The van der Waals surface area contributed by atoms with E-state index in [1.54, 1.807) is 12.1 Å². The highest BCUT2D eigenvalue weighted by atomic mass is 35.5. The summed E-state index contributed by atoms with van der Waals surface area (Å²) in [4.78, 5) is 16.3. The average Bonchev–Trinajstić information content (AvgIpc) is 2.98. The Morgan fingerprint density at radius 1 is 0.976 bits per heavy atom. The van der Waals surface area contributed by atoms with E-state index in [2.05, 4.69) is 10.3 Å². The van der Waals surface area contributed by atoms with Crippen LogP contribution in [0.2, 0.25) is 5.02 Å². The fourth-order valence-electron chi connectivity index (χ4n) is 4.50. The monoisotopic (exact) mass is 582 g/mol. The Kier molecular flexibility index (Phi) is 11.1. The Bertz CT molecular complexity index is 1270. The number of benzene rings is 3. The van der Waals surface area contributed by atoms with E-state index in [0.717, 1.165) is 22.3 Å². The van der Waals surface area contributed by atoms with Gasteiger partial charge in [0.05, 0.1) is 19.8 Å². The quantitative estimate of drug-likeness (QED) is 0.188. The molecule has 0 spiro atoms. The average molecular weight is 583 g/mol. The van der Waals surface area contributed by atoms with Crippen LogP contribution in [-0.4, -0.2) is 67.9 Å². The molecule has 3 aromatic rings. The fourth-order valence-corrected chi connectivity index (χ4v) is 4.63. The molecule has 1 amide bonds. The maximum atomic E-state index is 12.6. The van der Waals surface area contributed by atoms with Gasteiger partial charge in [-0.15, -0.1) is 0 Å². The molecule has 6 N–H and O–H groups in total. The molecular weight excluding hydrogens is 548 g/mol. The Balaban J connectivity index is 1.45. The molecule has 1 saturated heterocycles. The zero-order chi connectivity index (χ0) is 29.2. The van der Waals surface area contributed by atoms with Crippen molar-refractivity contribution in [2.75, 3.05) is 20.3 Å². The van der Waals surface area contributed by atoms with Crippen LogP contribution >= 0.6 is 11.6 Å². The van der Waals surface area contributed by atoms with Gasteiger partial charge < -0.3 is 40.8 Å². The highest BCUT2D eigenvalue weighted by Crippen LogP contribution is 2.26. The number of carbonyl (C=O) groups excluding carboxylic acids is 1. The predicted molar refractivity (Wildman–Crippen MR) is 156 cm³/mol. The normalized spacial score (nSPS) is 22.2. The minimum absolute atomic E-state index is 0.0595. The molecule has 4 rings (SSSR count). The highest BCUT2D eigenvalue weighted by Gasteiger charge is 2.47. The summed E-state index contributed by atoms with van der Waals surface area (Å²) >= 11 is 5.96. The van der Waals surface area contributed by atoms with Crippen molar-refractivity contribution in [1.29, 1.82) is 0 Å². The number of nitrogens with two attached hydrogens (primary N) is 2. The van der Waals surface area contributed by atoms with Crippen LogP contribution in [-0.2, 0) is 37.0 Å². The van der Waals surface area contributed by atoms with E-state index < -0.39 is 36.6 Å². The minimum Gasteiger partial charge on any atom is -0.388 e. The van der Waals surface area contributed by atoms with Crippen LogP contribution in [0.1, 0.15) is 11.1 Å². The second-order valence-electron chi connectivity index (χ2n) is 9.58. The first-order chi connectivity index (χ1) is 19.8. The maximum Gasteiger partial charge on any atom is 0.242 e. The van der Waals surface area contributed by atoms with E-state index in [9.17, 15) is 9.90 Å². The van der Waals surface area contributed by atoms with E-state index in [-0.39, 0.29) is 25.7 Å².